The van der Waals surface area contributed by atoms with Gasteiger partial charge in [-0.15, -0.1) is 0 Å². The monoisotopic (exact) mass is 316 g/mol. The number of carboxylic acids is 1. The Bertz CT molecular complexity index is 725. The SMILES string of the molecule is Cc1nc2c(cc1C(=O)O)CCN(C(=O)c1ccsc1)CC2. The van der Waals surface area contributed by atoms with Gasteiger partial charge in [0.05, 0.1) is 16.8 Å². The summed E-state index contributed by atoms with van der Waals surface area (Å²) in [4.78, 5) is 29.9. The molecule has 1 aliphatic rings. The Balaban J connectivity index is 1.83. The summed E-state index contributed by atoms with van der Waals surface area (Å²) in [5.74, 6) is -0.924. The van der Waals surface area contributed by atoms with Gasteiger partial charge in [0.2, 0.25) is 0 Å². The van der Waals surface area contributed by atoms with Crippen LogP contribution in [0.4, 0.5) is 0 Å². The minimum absolute atomic E-state index is 0.0317. The molecule has 22 heavy (non-hydrogen) atoms. The number of carboxylic acid groups (broad SMARTS) is 1. The molecule has 0 radical (unpaired) electrons. The van der Waals surface area contributed by atoms with E-state index in [1.54, 1.807) is 13.0 Å². The number of thiophene rings is 1. The largest absolute Gasteiger partial charge is 0.478 e. The van der Waals surface area contributed by atoms with Gasteiger partial charge in [0, 0.05) is 30.6 Å². The van der Waals surface area contributed by atoms with Crippen LogP contribution in [0.5, 0.6) is 0 Å². The second kappa shape index (κ2) is 5.88. The van der Waals surface area contributed by atoms with Crippen molar-refractivity contribution in [2.24, 2.45) is 0 Å². The van der Waals surface area contributed by atoms with Crippen LogP contribution in [0.1, 0.15) is 37.7 Å². The molecule has 1 aliphatic heterocycles. The molecule has 3 heterocycles. The predicted molar refractivity (Wildman–Crippen MR) is 83.6 cm³/mol. The van der Waals surface area contributed by atoms with Gasteiger partial charge in [0.1, 0.15) is 0 Å². The molecule has 0 atom stereocenters. The van der Waals surface area contributed by atoms with E-state index in [0.29, 0.717) is 37.2 Å². The normalized spacial score (nSPS) is 14.3. The van der Waals surface area contributed by atoms with Crippen LogP contribution in [0.2, 0.25) is 0 Å². The first kappa shape index (κ1) is 14.7. The molecule has 2 aromatic heterocycles. The van der Waals surface area contributed by atoms with Crippen molar-refractivity contribution in [3.05, 3.63) is 51.0 Å². The number of hydrogen-bond acceptors (Lipinski definition) is 4. The van der Waals surface area contributed by atoms with Gasteiger partial charge in [0.15, 0.2) is 0 Å². The molecule has 3 rings (SSSR count). The van der Waals surface area contributed by atoms with E-state index in [0.717, 1.165) is 11.3 Å². The summed E-state index contributed by atoms with van der Waals surface area (Å²) in [6.07, 6.45) is 1.30. The van der Waals surface area contributed by atoms with Crippen LogP contribution in [-0.2, 0) is 12.8 Å². The van der Waals surface area contributed by atoms with E-state index in [4.69, 9.17) is 0 Å². The molecular formula is C16H16N2O3S. The van der Waals surface area contributed by atoms with Crippen LogP contribution < -0.4 is 0 Å². The number of aryl methyl sites for hydroxylation is 1. The van der Waals surface area contributed by atoms with Crippen LogP contribution in [0.25, 0.3) is 0 Å². The van der Waals surface area contributed by atoms with Crippen molar-refractivity contribution in [2.75, 3.05) is 13.1 Å². The van der Waals surface area contributed by atoms with E-state index in [2.05, 4.69) is 4.98 Å². The van der Waals surface area contributed by atoms with Crippen molar-refractivity contribution in [2.45, 2.75) is 19.8 Å². The first-order valence-corrected chi connectivity index (χ1v) is 8.04. The molecule has 0 saturated heterocycles. The predicted octanol–water partition coefficient (Wildman–Crippen LogP) is 2.39. The van der Waals surface area contributed by atoms with Gasteiger partial charge >= 0.3 is 5.97 Å². The zero-order valence-corrected chi connectivity index (χ0v) is 13.0. The highest BCUT2D eigenvalue weighted by Crippen LogP contribution is 2.20. The first-order chi connectivity index (χ1) is 10.6. The van der Waals surface area contributed by atoms with E-state index >= 15 is 0 Å². The highest BCUT2D eigenvalue weighted by Gasteiger charge is 2.22. The number of hydrogen-bond donors (Lipinski definition) is 1. The molecule has 6 heteroatoms. The van der Waals surface area contributed by atoms with E-state index in [1.807, 2.05) is 21.7 Å². The molecule has 5 nitrogen and oxygen atoms in total. The van der Waals surface area contributed by atoms with Gasteiger partial charge in [-0.25, -0.2) is 4.79 Å². The fourth-order valence-electron chi connectivity index (χ4n) is 2.73. The van der Waals surface area contributed by atoms with Crippen LogP contribution in [0, 0.1) is 6.92 Å². The molecule has 0 aromatic carbocycles. The molecule has 0 saturated carbocycles. The van der Waals surface area contributed by atoms with Gasteiger partial charge in [-0.2, -0.15) is 11.3 Å². The standard InChI is InChI=1S/C16H16N2O3S/c1-10-13(16(20)21)8-11-2-5-18(6-3-14(11)17-10)15(19)12-4-7-22-9-12/h4,7-9H,2-3,5-6H2,1H3,(H,20,21). The van der Waals surface area contributed by atoms with E-state index < -0.39 is 5.97 Å². The summed E-state index contributed by atoms with van der Waals surface area (Å²) in [7, 11) is 0. The summed E-state index contributed by atoms with van der Waals surface area (Å²) >= 11 is 1.51. The average Bonchev–Trinajstić information content (AvgIpc) is 2.94. The highest BCUT2D eigenvalue weighted by molar-refractivity contribution is 7.08. The second-order valence-corrected chi connectivity index (χ2v) is 6.12. The third-order valence-corrected chi connectivity index (χ3v) is 4.62. The molecule has 0 unspecified atom stereocenters. The Morgan fingerprint density at radius 3 is 2.77 bits per heavy atom. The summed E-state index contributed by atoms with van der Waals surface area (Å²) < 4.78 is 0. The number of nitrogens with zero attached hydrogens (tertiary/aromatic N) is 2. The third kappa shape index (κ3) is 2.74. The zero-order chi connectivity index (χ0) is 15.7. The molecular weight excluding hydrogens is 300 g/mol. The van der Waals surface area contributed by atoms with Crippen LogP contribution in [-0.4, -0.2) is 40.0 Å². The molecule has 2 aromatic rings. The fourth-order valence-corrected chi connectivity index (χ4v) is 3.36. The van der Waals surface area contributed by atoms with E-state index in [1.165, 1.54) is 11.3 Å². The van der Waals surface area contributed by atoms with Crippen molar-refractivity contribution < 1.29 is 14.7 Å². The van der Waals surface area contributed by atoms with E-state index in [-0.39, 0.29) is 11.5 Å². The number of rotatable bonds is 2. The number of fused-ring (bicyclic) bond motifs is 1. The van der Waals surface area contributed by atoms with Gasteiger partial charge in [-0.3, -0.25) is 9.78 Å². The molecule has 0 spiro atoms. The lowest BCUT2D eigenvalue weighted by Crippen LogP contribution is -2.33. The van der Waals surface area contributed by atoms with Gasteiger partial charge in [-0.1, -0.05) is 0 Å². The van der Waals surface area contributed by atoms with Crippen molar-refractivity contribution in [3.8, 4) is 0 Å². The molecule has 0 aliphatic carbocycles. The molecule has 0 bridgehead atoms. The smallest absolute Gasteiger partial charge is 0.337 e. The average molecular weight is 316 g/mol. The maximum Gasteiger partial charge on any atom is 0.337 e. The van der Waals surface area contributed by atoms with Crippen molar-refractivity contribution in [1.82, 2.24) is 9.88 Å². The number of aromatic nitrogens is 1. The number of pyridine rings is 1. The first-order valence-electron chi connectivity index (χ1n) is 7.10. The molecule has 1 N–H and O–H groups in total. The quantitative estimate of drug-likeness (QED) is 0.923. The maximum absolute atomic E-state index is 12.4. The molecule has 1 amide bonds. The summed E-state index contributed by atoms with van der Waals surface area (Å²) in [5, 5.41) is 12.9. The number of aromatic carboxylic acids is 1. The summed E-state index contributed by atoms with van der Waals surface area (Å²) in [5.41, 5.74) is 3.33. The maximum atomic E-state index is 12.4. The minimum Gasteiger partial charge on any atom is -0.478 e. The van der Waals surface area contributed by atoms with Gasteiger partial charge in [0.25, 0.3) is 5.91 Å². The molecule has 114 valence electrons. The fraction of sp³-hybridized carbons (Fsp3) is 0.312. The van der Waals surface area contributed by atoms with Crippen LogP contribution in [0.3, 0.4) is 0 Å². The molecule has 0 fully saturated rings. The van der Waals surface area contributed by atoms with Gasteiger partial charge in [-0.05, 0) is 36.4 Å². The van der Waals surface area contributed by atoms with Crippen molar-refractivity contribution in [3.63, 3.8) is 0 Å². The Labute approximate surface area is 132 Å². The van der Waals surface area contributed by atoms with E-state index in [9.17, 15) is 14.7 Å². The number of amides is 1. The summed E-state index contributed by atoms with van der Waals surface area (Å²) in [6, 6.07) is 3.54. The minimum atomic E-state index is -0.955. The lowest BCUT2D eigenvalue weighted by atomic mass is 10.0. The Morgan fingerprint density at radius 2 is 2.09 bits per heavy atom. The van der Waals surface area contributed by atoms with Crippen LogP contribution >= 0.6 is 11.3 Å². The van der Waals surface area contributed by atoms with Gasteiger partial charge < -0.3 is 10.0 Å². The Morgan fingerprint density at radius 1 is 1.32 bits per heavy atom. The Hall–Kier alpha value is -2.21. The number of carbonyl (C=O) groups excluding carboxylic acids is 1. The van der Waals surface area contributed by atoms with Crippen molar-refractivity contribution in [1.29, 1.82) is 0 Å². The van der Waals surface area contributed by atoms with Crippen molar-refractivity contribution >= 4 is 23.2 Å². The second-order valence-electron chi connectivity index (χ2n) is 5.34. The van der Waals surface area contributed by atoms with Crippen LogP contribution in [0.15, 0.2) is 22.9 Å². The third-order valence-electron chi connectivity index (χ3n) is 3.94. The summed E-state index contributed by atoms with van der Waals surface area (Å²) in [6.45, 7) is 2.91. The highest BCUT2D eigenvalue weighted by atomic mass is 32.1. The lowest BCUT2D eigenvalue weighted by Gasteiger charge is -2.19. The topological polar surface area (TPSA) is 70.5 Å². The lowest BCUT2D eigenvalue weighted by molar-refractivity contribution is 0.0694. The zero-order valence-electron chi connectivity index (χ0n) is 12.2. The Kier molecular flexibility index (Phi) is 3.94. The number of carbonyl (C=O) groups is 2.